The molecule has 114 valence electrons. The second kappa shape index (κ2) is 5.22. The average Bonchev–Trinajstić information content (AvgIpc) is 2.81. The van der Waals surface area contributed by atoms with Crippen molar-refractivity contribution >= 4 is 11.6 Å². The Morgan fingerprint density at radius 1 is 1.33 bits per heavy atom. The number of piperidine rings is 1. The van der Waals surface area contributed by atoms with Gasteiger partial charge in [0.1, 0.15) is 5.75 Å². The number of carbonyl (C=O) groups is 1. The lowest BCUT2D eigenvalue weighted by molar-refractivity contribution is -0.00533. The molecule has 0 radical (unpaired) electrons. The molecule has 2 fully saturated rings. The predicted octanol–water partition coefficient (Wildman–Crippen LogP) is 1.74. The van der Waals surface area contributed by atoms with Crippen LogP contribution >= 0.6 is 0 Å². The van der Waals surface area contributed by atoms with E-state index in [1.807, 2.05) is 0 Å². The van der Waals surface area contributed by atoms with Gasteiger partial charge >= 0.3 is 0 Å². The molecule has 3 rings (SSSR count). The van der Waals surface area contributed by atoms with E-state index in [0.29, 0.717) is 24.3 Å². The second-order valence-electron chi connectivity index (χ2n) is 6.37. The highest BCUT2D eigenvalue weighted by Gasteiger charge is 2.45. The second-order valence-corrected chi connectivity index (χ2v) is 6.37. The molecular weight excluding hydrogens is 268 g/mol. The topological polar surface area (TPSA) is 86.8 Å². The van der Waals surface area contributed by atoms with E-state index in [1.54, 1.807) is 11.0 Å². The molecule has 1 aliphatic carbocycles. The van der Waals surface area contributed by atoms with Gasteiger partial charge in [-0.3, -0.25) is 4.79 Å². The molecular formula is C16H22N2O3. The van der Waals surface area contributed by atoms with E-state index >= 15 is 0 Å². The summed E-state index contributed by atoms with van der Waals surface area (Å²) in [4.78, 5) is 14.5. The molecule has 1 saturated heterocycles. The highest BCUT2D eigenvalue weighted by molar-refractivity contribution is 5.99. The Morgan fingerprint density at radius 2 is 2.10 bits per heavy atom. The number of hydrogen-bond donors (Lipinski definition) is 3. The van der Waals surface area contributed by atoms with Gasteiger partial charge in [-0.25, -0.2) is 0 Å². The standard InChI is InChI=1S/C16H22N2O3/c17-13-5-4-11(19)9-12(13)15(21)18-8-2-7-16(10-18)6-1-3-14(16)20/h4-5,9,14,19-20H,1-3,6-8,10,17H2/t14-,16-/m1/s1. The number of amides is 1. The molecule has 1 aromatic carbocycles. The number of nitrogens with zero attached hydrogens (tertiary/aromatic N) is 1. The van der Waals surface area contributed by atoms with Crippen LogP contribution in [0.5, 0.6) is 5.75 Å². The third kappa shape index (κ3) is 2.46. The molecule has 5 nitrogen and oxygen atoms in total. The average molecular weight is 290 g/mol. The first-order valence-corrected chi connectivity index (χ1v) is 7.58. The molecule has 4 N–H and O–H groups in total. The molecule has 0 bridgehead atoms. The maximum Gasteiger partial charge on any atom is 0.256 e. The molecule has 1 amide bonds. The van der Waals surface area contributed by atoms with Crippen LogP contribution in [0.3, 0.4) is 0 Å². The Hall–Kier alpha value is -1.75. The van der Waals surface area contributed by atoms with Gasteiger partial charge in [0.15, 0.2) is 0 Å². The highest BCUT2D eigenvalue weighted by Crippen LogP contribution is 2.45. The Morgan fingerprint density at radius 3 is 2.81 bits per heavy atom. The van der Waals surface area contributed by atoms with Crippen LogP contribution in [0, 0.1) is 5.41 Å². The molecule has 1 heterocycles. The van der Waals surface area contributed by atoms with Gasteiger partial charge in [0, 0.05) is 24.2 Å². The first-order valence-electron chi connectivity index (χ1n) is 7.58. The molecule has 1 saturated carbocycles. The van der Waals surface area contributed by atoms with Gasteiger partial charge in [0.2, 0.25) is 0 Å². The minimum Gasteiger partial charge on any atom is -0.508 e. The number of carbonyl (C=O) groups excluding carboxylic acids is 1. The van der Waals surface area contributed by atoms with Crippen LogP contribution in [-0.2, 0) is 0 Å². The third-order valence-electron chi connectivity index (χ3n) is 5.02. The van der Waals surface area contributed by atoms with Gasteiger partial charge < -0.3 is 20.8 Å². The van der Waals surface area contributed by atoms with Gasteiger partial charge in [-0.05, 0) is 43.9 Å². The summed E-state index contributed by atoms with van der Waals surface area (Å²) in [6.45, 7) is 1.27. The van der Waals surface area contributed by atoms with Crippen molar-refractivity contribution in [3.8, 4) is 5.75 Å². The zero-order valence-electron chi connectivity index (χ0n) is 12.1. The number of rotatable bonds is 1. The van der Waals surface area contributed by atoms with E-state index in [0.717, 1.165) is 32.1 Å². The predicted molar refractivity (Wildman–Crippen MR) is 79.9 cm³/mol. The molecule has 0 unspecified atom stereocenters. The van der Waals surface area contributed by atoms with Gasteiger partial charge in [0.05, 0.1) is 11.7 Å². The van der Waals surface area contributed by atoms with E-state index in [2.05, 4.69) is 0 Å². The Bertz CT molecular complexity index is 560. The fourth-order valence-electron chi connectivity index (χ4n) is 3.83. The number of phenols is 1. The monoisotopic (exact) mass is 290 g/mol. The maximum absolute atomic E-state index is 12.7. The van der Waals surface area contributed by atoms with E-state index in [9.17, 15) is 15.0 Å². The molecule has 1 aromatic rings. The normalized spacial score (nSPS) is 29.0. The largest absolute Gasteiger partial charge is 0.508 e. The van der Waals surface area contributed by atoms with Crippen LogP contribution in [0.4, 0.5) is 5.69 Å². The molecule has 1 spiro atoms. The minimum absolute atomic E-state index is 0.0418. The number of hydrogen-bond acceptors (Lipinski definition) is 4. The Kier molecular flexibility index (Phi) is 3.53. The van der Waals surface area contributed by atoms with Gasteiger partial charge in [-0.1, -0.05) is 6.42 Å². The molecule has 2 aliphatic rings. The number of nitrogens with two attached hydrogens (primary N) is 1. The number of nitrogen functional groups attached to an aromatic ring is 1. The zero-order valence-corrected chi connectivity index (χ0v) is 12.1. The van der Waals surface area contributed by atoms with Gasteiger partial charge in [0.25, 0.3) is 5.91 Å². The summed E-state index contributed by atoms with van der Waals surface area (Å²) in [6.07, 6.45) is 4.41. The van der Waals surface area contributed by atoms with Crippen molar-refractivity contribution in [3.63, 3.8) is 0 Å². The number of aliphatic hydroxyl groups is 1. The summed E-state index contributed by atoms with van der Waals surface area (Å²) in [5, 5.41) is 19.8. The Balaban J connectivity index is 1.83. The van der Waals surface area contributed by atoms with Crippen LogP contribution in [-0.4, -0.2) is 40.2 Å². The maximum atomic E-state index is 12.7. The van der Waals surface area contributed by atoms with Crippen molar-refractivity contribution in [2.24, 2.45) is 5.41 Å². The smallest absolute Gasteiger partial charge is 0.256 e. The fraction of sp³-hybridized carbons (Fsp3) is 0.562. The van der Waals surface area contributed by atoms with E-state index in [-0.39, 0.29) is 23.2 Å². The van der Waals surface area contributed by atoms with Crippen LogP contribution in [0.2, 0.25) is 0 Å². The molecule has 1 aliphatic heterocycles. The lowest BCUT2D eigenvalue weighted by atomic mass is 9.76. The summed E-state index contributed by atoms with van der Waals surface area (Å²) in [5.41, 5.74) is 6.45. The van der Waals surface area contributed by atoms with Crippen molar-refractivity contribution in [3.05, 3.63) is 23.8 Å². The van der Waals surface area contributed by atoms with Crippen LogP contribution < -0.4 is 5.73 Å². The number of phenolic OH excluding ortho intramolecular Hbond substituents is 1. The van der Waals surface area contributed by atoms with Crippen LogP contribution in [0.15, 0.2) is 18.2 Å². The van der Waals surface area contributed by atoms with Crippen molar-refractivity contribution < 1.29 is 15.0 Å². The quantitative estimate of drug-likeness (QED) is 0.543. The van der Waals surface area contributed by atoms with E-state index in [4.69, 9.17) is 5.73 Å². The molecule has 0 aromatic heterocycles. The lowest BCUT2D eigenvalue weighted by Gasteiger charge is -2.42. The fourth-order valence-corrected chi connectivity index (χ4v) is 3.83. The number of benzene rings is 1. The zero-order chi connectivity index (χ0) is 15.0. The number of anilines is 1. The van der Waals surface area contributed by atoms with Gasteiger partial charge in [-0.2, -0.15) is 0 Å². The number of aromatic hydroxyl groups is 1. The van der Waals surface area contributed by atoms with Gasteiger partial charge in [-0.15, -0.1) is 0 Å². The number of aliphatic hydroxyl groups excluding tert-OH is 1. The highest BCUT2D eigenvalue weighted by atomic mass is 16.3. The molecule has 21 heavy (non-hydrogen) atoms. The van der Waals surface area contributed by atoms with Crippen LogP contribution in [0.25, 0.3) is 0 Å². The summed E-state index contributed by atoms with van der Waals surface area (Å²) in [5.74, 6) is -0.109. The van der Waals surface area contributed by atoms with Crippen molar-refractivity contribution in [1.29, 1.82) is 0 Å². The Labute approximate surface area is 124 Å². The summed E-state index contributed by atoms with van der Waals surface area (Å²) < 4.78 is 0. The van der Waals surface area contributed by atoms with Crippen molar-refractivity contribution in [2.75, 3.05) is 18.8 Å². The molecule has 5 heteroatoms. The summed E-state index contributed by atoms with van der Waals surface area (Å²) >= 11 is 0. The first kappa shape index (κ1) is 14.2. The summed E-state index contributed by atoms with van der Waals surface area (Å²) in [7, 11) is 0. The van der Waals surface area contributed by atoms with Crippen LogP contribution in [0.1, 0.15) is 42.5 Å². The van der Waals surface area contributed by atoms with Crippen molar-refractivity contribution in [2.45, 2.75) is 38.2 Å². The SMILES string of the molecule is Nc1ccc(O)cc1C(=O)N1CCC[C@]2(CCC[C@H]2O)C1. The third-order valence-corrected chi connectivity index (χ3v) is 5.02. The lowest BCUT2D eigenvalue weighted by Crippen LogP contribution is -2.49. The molecule has 2 atom stereocenters. The first-order chi connectivity index (χ1) is 10.0. The summed E-state index contributed by atoms with van der Waals surface area (Å²) in [6, 6.07) is 4.45. The van der Waals surface area contributed by atoms with E-state index in [1.165, 1.54) is 12.1 Å². The number of likely N-dealkylation sites (tertiary alicyclic amines) is 1. The minimum atomic E-state index is -0.311. The van der Waals surface area contributed by atoms with Crippen molar-refractivity contribution in [1.82, 2.24) is 4.90 Å². The van der Waals surface area contributed by atoms with E-state index < -0.39 is 0 Å².